The summed E-state index contributed by atoms with van der Waals surface area (Å²) < 4.78 is 10.9. The second-order valence-corrected chi connectivity index (χ2v) is 6.47. The van der Waals surface area contributed by atoms with Gasteiger partial charge in [-0.15, -0.1) is 0 Å². The van der Waals surface area contributed by atoms with Crippen LogP contribution in [-0.4, -0.2) is 67.1 Å². The molecule has 2 amide bonds. The highest BCUT2D eigenvalue weighted by Crippen LogP contribution is 2.24. The number of hydrogen-bond donors (Lipinski definition) is 0. The Morgan fingerprint density at radius 2 is 2.04 bits per heavy atom. The molecular formula is C19H26N2O4. The quantitative estimate of drug-likeness (QED) is 0.817. The largest absolute Gasteiger partial charge is 0.494 e. The Kier molecular flexibility index (Phi) is 5.91. The minimum absolute atomic E-state index is 0.0486. The van der Waals surface area contributed by atoms with Crippen LogP contribution in [0.3, 0.4) is 0 Å². The molecule has 25 heavy (non-hydrogen) atoms. The second-order valence-electron chi connectivity index (χ2n) is 6.47. The molecule has 136 valence electrons. The number of hydrogen-bond acceptors (Lipinski definition) is 4. The van der Waals surface area contributed by atoms with Gasteiger partial charge < -0.3 is 19.3 Å². The van der Waals surface area contributed by atoms with Crippen LogP contribution in [0, 0.1) is 0 Å². The molecule has 6 nitrogen and oxygen atoms in total. The molecule has 1 atom stereocenters. The van der Waals surface area contributed by atoms with Gasteiger partial charge in [0.2, 0.25) is 5.91 Å². The third kappa shape index (κ3) is 4.12. The SMILES string of the molecule is CCCOc1cccc(C(=O)N2CCC[C@H]2C(=O)N2CCOCC2)c1. The molecule has 0 aliphatic carbocycles. The lowest BCUT2D eigenvalue weighted by Crippen LogP contribution is -2.51. The van der Waals surface area contributed by atoms with Gasteiger partial charge in [-0.1, -0.05) is 13.0 Å². The summed E-state index contributed by atoms with van der Waals surface area (Å²) in [5, 5.41) is 0. The molecule has 2 saturated heterocycles. The predicted octanol–water partition coefficient (Wildman–Crippen LogP) is 1.94. The second kappa shape index (κ2) is 8.34. The monoisotopic (exact) mass is 346 g/mol. The third-order valence-electron chi connectivity index (χ3n) is 4.68. The van der Waals surface area contributed by atoms with Crippen molar-refractivity contribution in [2.45, 2.75) is 32.2 Å². The third-order valence-corrected chi connectivity index (χ3v) is 4.68. The predicted molar refractivity (Wildman–Crippen MR) is 93.7 cm³/mol. The lowest BCUT2D eigenvalue weighted by Gasteiger charge is -2.32. The maximum Gasteiger partial charge on any atom is 0.254 e. The molecule has 0 unspecified atom stereocenters. The van der Waals surface area contributed by atoms with Crippen LogP contribution < -0.4 is 4.74 Å². The highest BCUT2D eigenvalue weighted by atomic mass is 16.5. The molecule has 1 aromatic rings. The fourth-order valence-electron chi connectivity index (χ4n) is 3.37. The molecule has 0 spiro atoms. The molecule has 2 aliphatic heterocycles. The lowest BCUT2D eigenvalue weighted by atomic mass is 10.1. The van der Waals surface area contributed by atoms with Gasteiger partial charge in [0.15, 0.2) is 0 Å². The zero-order valence-corrected chi connectivity index (χ0v) is 14.8. The summed E-state index contributed by atoms with van der Waals surface area (Å²) in [5.74, 6) is 0.654. The van der Waals surface area contributed by atoms with E-state index in [0.29, 0.717) is 50.8 Å². The molecule has 2 fully saturated rings. The summed E-state index contributed by atoms with van der Waals surface area (Å²) in [5.41, 5.74) is 0.579. The van der Waals surface area contributed by atoms with E-state index >= 15 is 0 Å². The number of benzene rings is 1. The van der Waals surface area contributed by atoms with Gasteiger partial charge in [-0.3, -0.25) is 9.59 Å². The Morgan fingerprint density at radius 1 is 1.24 bits per heavy atom. The number of amides is 2. The molecule has 6 heteroatoms. The van der Waals surface area contributed by atoms with Crippen LogP contribution >= 0.6 is 0 Å². The van der Waals surface area contributed by atoms with E-state index in [1.54, 1.807) is 17.0 Å². The van der Waals surface area contributed by atoms with E-state index in [2.05, 4.69) is 0 Å². The summed E-state index contributed by atoms with van der Waals surface area (Å²) in [4.78, 5) is 29.3. The van der Waals surface area contributed by atoms with Crippen molar-refractivity contribution in [3.63, 3.8) is 0 Å². The van der Waals surface area contributed by atoms with Gasteiger partial charge in [-0.05, 0) is 37.5 Å². The first-order chi connectivity index (χ1) is 12.2. The number of carbonyl (C=O) groups is 2. The molecule has 0 radical (unpaired) electrons. The Morgan fingerprint density at radius 3 is 2.80 bits per heavy atom. The summed E-state index contributed by atoms with van der Waals surface area (Å²) in [6, 6.07) is 6.88. The van der Waals surface area contributed by atoms with Gasteiger partial charge in [0.1, 0.15) is 11.8 Å². The van der Waals surface area contributed by atoms with E-state index < -0.39 is 0 Å². The lowest BCUT2D eigenvalue weighted by molar-refractivity contribution is -0.139. The number of ether oxygens (including phenoxy) is 2. The van der Waals surface area contributed by atoms with Gasteiger partial charge in [-0.2, -0.15) is 0 Å². The zero-order chi connectivity index (χ0) is 17.6. The molecule has 1 aromatic carbocycles. The van der Waals surface area contributed by atoms with Crippen molar-refractivity contribution in [1.82, 2.24) is 9.80 Å². The van der Waals surface area contributed by atoms with Crippen molar-refractivity contribution >= 4 is 11.8 Å². The Bertz CT molecular complexity index is 613. The summed E-state index contributed by atoms with van der Waals surface area (Å²) >= 11 is 0. The summed E-state index contributed by atoms with van der Waals surface area (Å²) in [6.07, 6.45) is 2.51. The van der Waals surface area contributed by atoms with Crippen LogP contribution in [0.2, 0.25) is 0 Å². The molecule has 0 bridgehead atoms. The number of morpholine rings is 1. The fourth-order valence-corrected chi connectivity index (χ4v) is 3.37. The highest BCUT2D eigenvalue weighted by Gasteiger charge is 2.37. The first kappa shape index (κ1) is 17.7. The smallest absolute Gasteiger partial charge is 0.254 e. The minimum Gasteiger partial charge on any atom is -0.494 e. The van der Waals surface area contributed by atoms with Crippen molar-refractivity contribution < 1.29 is 19.1 Å². The van der Waals surface area contributed by atoms with Gasteiger partial charge in [0.25, 0.3) is 5.91 Å². The van der Waals surface area contributed by atoms with Crippen LogP contribution in [-0.2, 0) is 9.53 Å². The molecule has 2 aliphatic rings. The van der Waals surface area contributed by atoms with E-state index in [0.717, 1.165) is 19.3 Å². The Hall–Kier alpha value is -2.08. The number of carbonyl (C=O) groups excluding carboxylic acids is 2. The van der Waals surface area contributed by atoms with E-state index in [-0.39, 0.29) is 17.9 Å². The summed E-state index contributed by atoms with van der Waals surface area (Å²) in [6.45, 7) is 5.65. The Labute approximate surface area is 148 Å². The first-order valence-electron chi connectivity index (χ1n) is 9.11. The van der Waals surface area contributed by atoms with Gasteiger partial charge in [0, 0.05) is 25.2 Å². The molecule has 0 saturated carbocycles. The summed E-state index contributed by atoms with van der Waals surface area (Å²) in [7, 11) is 0. The average molecular weight is 346 g/mol. The maximum absolute atomic E-state index is 12.9. The highest BCUT2D eigenvalue weighted by molar-refractivity contribution is 5.98. The van der Waals surface area contributed by atoms with Crippen molar-refractivity contribution in [2.75, 3.05) is 39.5 Å². The van der Waals surface area contributed by atoms with E-state index in [4.69, 9.17) is 9.47 Å². The standard InChI is InChI=1S/C19H26N2O4/c1-2-11-25-16-6-3-5-15(14-16)18(22)21-8-4-7-17(21)19(23)20-9-12-24-13-10-20/h3,5-6,14,17H,2,4,7-13H2,1H3/t17-/m0/s1. The van der Waals surface area contributed by atoms with Crippen LogP contribution in [0.5, 0.6) is 5.75 Å². The van der Waals surface area contributed by atoms with Gasteiger partial charge >= 0.3 is 0 Å². The zero-order valence-electron chi connectivity index (χ0n) is 14.8. The van der Waals surface area contributed by atoms with E-state index in [1.165, 1.54) is 0 Å². The van der Waals surface area contributed by atoms with Crippen LogP contribution in [0.1, 0.15) is 36.5 Å². The van der Waals surface area contributed by atoms with E-state index in [1.807, 2.05) is 24.0 Å². The van der Waals surface area contributed by atoms with Crippen molar-refractivity contribution in [2.24, 2.45) is 0 Å². The van der Waals surface area contributed by atoms with Crippen molar-refractivity contribution in [1.29, 1.82) is 0 Å². The number of nitrogens with zero attached hydrogens (tertiary/aromatic N) is 2. The molecule has 0 N–H and O–H groups in total. The normalized spacial score (nSPS) is 20.6. The molecular weight excluding hydrogens is 320 g/mol. The first-order valence-corrected chi connectivity index (χ1v) is 9.11. The maximum atomic E-state index is 12.9. The van der Waals surface area contributed by atoms with Gasteiger partial charge in [0.05, 0.1) is 19.8 Å². The molecule has 0 aromatic heterocycles. The van der Waals surface area contributed by atoms with Gasteiger partial charge in [-0.25, -0.2) is 0 Å². The topological polar surface area (TPSA) is 59.1 Å². The van der Waals surface area contributed by atoms with Crippen LogP contribution in [0.15, 0.2) is 24.3 Å². The minimum atomic E-state index is -0.356. The van der Waals surface area contributed by atoms with Crippen molar-refractivity contribution in [3.8, 4) is 5.75 Å². The fraction of sp³-hybridized carbons (Fsp3) is 0.579. The average Bonchev–Trinajstić information content (AvgIpc) is 3.16. The Balaban J connectivity index is 1.71. The molecule has 3 rings (SSSR count). The van der Waals surface area contributed by atoms with Crippen LogP contribution in [0.25, 0.3) is 0 Å². The van der Waals surface area contributed by atoms with Crippen molar-refractivity contribution in [3.05, 3.63) is 29.8 Å². The number of likely N-dealkylation sites (tertiary alicyclic amines) is 1. The number of rotatable bonds is 5. The molecule has 2 heterocycles. The van der Waals surface area contributed by atoms with Crippen LogP contribution in [0.4, 0.5) is 0 Å². The van der Waals surface area contributed by atoms with E-state index in [9.17, 15) is 9.59 Å².